The van der Waals surface area contributed by atoms with Crippen molar-refractivity contribution in [3.8, 4) is 0 Å². The van der Waals surface area contributed by atoms with E-state index in [2.05, 4.69) is 13.2 Å². The van der Waals surface area contributed by atoms with E-state index in [1.54, 1.807) is 17.9 Å². The molecular weight excluding hydrogens is 174 g/mol. The maximum Gasteiger partial charge on any atom is 0.219 e. The minimum Gasteiger partial charge on any atom is -0.346 e. The molecule has 0 aliphatic heterocycles. The fourth-order valence-electron chi connectivity index (χ4n) is 1.08. The van der Waals surface area contributed by atoms with E-state index >= 15 is 0 Å². The quantitative estimate of drug-likeness (QED) is 0.594. The predicted molar refractivity (Wildman–Crippen MR) is 61.0 cm³/mol. The SMILES string of the molecule is C=C/C=C(\C=C)CCCN(C)C(C)=O. The van der Waals surface area contributed by atoms with E-state index < -0.39 is 0 Å². The molecule has 0 fully saturated rings. The van der Waals surface area contributed by atoms with Gasteiger partial charge in [-0.2, -0.15) is 0 Å². The highest BCUT2D eigenvalue weighted by Crippen LogP contribution is 2.06. The normalized spacial score (nSPS) is 10.9. The standard InChI is InChI=1S/C12H19NO/c1-5-8-12(6-2)9-7-10-13(4)11(3)14/h5-6,8H,1-2,7,9-10H2,3-4H3/b12-8+. The zero-order valence-corrected chi connectivity index (χ0v) is 9.12. The maximum atomic E-state index is 10.9. The van der Waals surface area contributed by atoms with Crippen LogP contribution in [0.3, 0.4) is 0 Å². The third-order valence-corrected chi connectivity index (χ3v) is 2.09. The molecule has 0 rings (SSSR count). The molecule has 0 saturated carbocycles. The third-order valence-electron chi connectivity index (χ3n) is 2.09. The van der Waals surface area contributed by atoms with Crippen LogP contribution in [0.1, 0.15) is 19.8 Å². The Bertz CT molecular complexity index is 241. The Morgan fingerprint density at radius 2 is 2.07 bits per heavy atom. The molecule has 0 bridgehead atoms. The second kappa shape index (κ2) is 7.13. The van der Waals surface area contributed by atoms with Gasteiger partial charge >= 0.3 is 0 Å². The summed E-state index contributed by atoms with van der Waals surface area (Å²) in [5.41, 5.74) is 1.16. The molecule has 2 nitrogen and oxygen atoms in total. The van der Waals surface area contributed by atoms with E-state index in [1.807, 2.05) is 19.2 Å². The molecule has 0 aromatic heterocycles. The van der Waals surface area contributed by atoms with Gasteiger partial charge in [0, 0.05) is 20.5 Å². The zero-order chi connectivity index (χ0) is 11.0. The summed E-state index contributed by atoms with van der Waals surface area (Å²) in [5, 5.41) is 0. The van der Waals surface area contributed by atoms with Crippen LogP contribution in [-0.2, 0) is 4.79 Å². The lowest BCUT2D eigenvalue weighted by atomic mass is 10.1. The lowest BCUT2D eigenvalue weighted by Crippen LogP contribution is -2.24. The first-order chi connectivity index (χ1) is 6.61. The molecule has 0 heterocycles. The topological polar surface area (TPSA) is 20.3 Å². The van der Waals surface area contributed by atoms with Gasteiger partial charge in [0.2, 0.25) is 5.91 Å². The smallest absolute Gasteiger partial charge is 0.219 e. The van der Waals surface area contributed by atoms with Crippen molar-refractivity contribution in [3.63, 3.8) is 0 Å². The van der Waals surface area contributed by atoms with Crippen LogP contribution in [0.2, 0.25) is 0 Å². The van der Waals surface area contributed by atoms with E-state index in [4.69, 9.17) is 0 Å². The van der Waals surface area contributed by atoms with Crippen LogP contribution >= 0.6 is 0 Å². The summed E-state index contributed by atoms with van der Waals surface area (Å²) in [6.07, 6.45) is 7.43. The van der Waals surface area contributed by atoms with Crippen molar-refractivity contribution in [2.45, 2.75) is 19.8 Å². The van der Waals surface area contributed by atoms with Gasteiger partial charge in [0.1, 0.15) is 0 Å². The van der Waals surface area contributed by atoms with Gasteiger partial charge < -0.3 is 4.90 Å². The van der Waals surface area contributed by atoms with Gasteiger partial charge in [-0.3, -0.25) is 4.79 Å². The van der Waals surface area contributed by atoms with Crippen LogP contribution in [0.15, 0.2) is 37.0 Å². The van der Waals surface area contributed by atoms with Crippen LogP contribution < -0.4 is 0 Å². The summed E-state index contributed by atoms with van der Waals surface area (Å²) in [6.45, 7) is 9.71. The Labute approximate surface area is 86.6 Å². The monoisotopic (exact) mass is 193 g/mol. The molecule has 0 radical (unpaired) electrons. The van der Waals surface area contributed by atoms with E-state index in [-0.39, 0.29) is 5.91 Å². The molecule has 78 valence electrons. The summed E-state index contributed by atoms with van der Waals surface area (Å²) < 4.78 is 0. The fraction of sp³-hybridized carbons (Fsp3) is 0.417. The molecule has 0 unspecified atom stereocenters. The summed E-state index contributed by atoms with van der Waals surface area (Å²) in [4.78, 5) is 12.6. The summed E-state index contributed by atoms with van der Waals surface area (Å²) >= 11 is 0. The summed E-state index contributed by atoms with van der Waals surface area (Å²) in [6, 6.07) is 0. The first-order valence-electron chi connectivity index (χ1n) is 4.77. The van der Waals surface area contributed by atoms with Gasteiger partial charge in [0.25, 0.3) is 0 Å². The Balaban J connectivity index is 3.83. The predicted octanol–water partition coefficient (Wildman–Crippen LogP) is 2.54. The Kier molecular flexibility index (Phi) is 6.46. The molecule has 0 aliphatic rings. The average molecular weight is 193 g/mol. The number of hydrogen-bond acceptors (Lipinski definition) is 1. The lowest BCUT2D eigenvalue weighted by molar-refractivity contribution is -0.127. The molecule has 2 heteroatoms. The van der Waals surface area contributed by atoms with Crippen molar-refractivity contribution in [1.82, 2.24) is 4.90 Å². The number of carbonyl (C=O) groups is 1. The van der Waals surface area contributed by atoms with E-state index in [0.717, 1.165) is 25.0 Å². The highest BCUT2D eigenvalue weighted by molar-refractivity contribution is 5.72. The molecule has 0 aliphatic carbocycles. The van der Waals surface area contributed by atoms with E-state index in [1.165, 1.54) is 0 Å². The first kappa shape index (κ1) is 12.7. The number of rotatable bonds is 6. The molecule has 0 spiro atoms. The van der Waals surface area contributed by atoms with Gasteiger partial charge in [0.15, 0.2) is 0 Å². The molecule has 0 aromatic carbocycles. The molecule has 14 heavy (non-hydrogen) atoms. The second-order valence-corrected chi connectivity index (χ2v) is 3.23. The van der Waals surface area contributed by atoms with Crippen molar-refractivity contribution in [2.24, 2.45) is 0 Å². The highest BCUT2D eigenvalue weighted by atomic mass is 16.2. The Morgan fingerprint density at radius 3 is 2.50 bits per heavy atom. The first-order valence-corrected chi connectivity index (χ1v) is 4.77. The Morgan fingerprint density at radius 1 is 1.43 bits per heavy atom. The lowest BCUT2D eigenvalue weighted by Gasteiger charge is -2.14. The number of hydrogen-bond donors (Lipinski definition) is 0. The third kappa shape index (κ3) is 5.36. The molecule has 0 saturated heterocycles. The van der Waals surface area contributed by atoms with Crippen molar-refractivity contribution < 1.29 is 4.79 Å². The van der Waals surface area contributed by atoms with E-state index in [0.29, 0.717) is 0 Å². The zero-order valence-electron chi connectivity index (χ0n) is 9.12. The van der Waals surface area contributed by atoms with Crippen LogP contribution in [0.5, 0.6) is 0 Å². The molecule has 0 aromatic rings. The van der Waals surface area contributed by atoms with Crippen molar-refractivity contribution in [3.05, 3.63) is 37.0 Å². The number of allylic oxidation sites excluding steroid dienone is 4. The largest absolute Gasteiger partial charge is 0.346 e. The molecule has 0 N–H and O–H groups in total. The van der Waals surface area contributed by atoms with Crippen molar-refractivity contribution in [2.75, 3.05) is 13.6 Å². The maximum absolute atomic E-state index is 10.9. The van der Waals surface area contributed by atoms with E-state index in [9.17, 15) is 4.79 Å². The van der Waals surface area contributed by atoms with Gasteiger partial charge in [0.05, 0.1) is 0 Å². The van der Waals surface area contributed by atoms with Gasteiger partial charge in [-0.25, -0.2) is 0 Å². The second-order valence-electron chi connectivity index (χ2n) is 3.23. The highest BCUT2D eigenvalue weighted by Gasteiger charge is 2.00. The average Bonchev–Trinajstić information content (AvgIpc) is 2.16. The van der Waals surface area contributed by atoms with Crippen LogP contribution in [0.4, 0.5) is 0 Å². The molecule has 1 amide bonds. The van der Waals surface area contributed by atoms with Crippen LogP contribution in [0.25, 0.3) is 0 Å². The van der Waals surface area contributed by atoms with Crippen LogP contribution in [0, 0.1) is 0 Å². The number of carbonyl (C=O) groups excluding carboxylic acids is 1. The molecule has 0 atom stereocenters. The minimum atomic E-state index is 0.109. The Hall–Kier alpha value is -1.31. The summed E-state index contributed by atoms with van der Waals surface area (Å²) in [5.74, 6) is 0.109. The molecular formula is C12H19NO. The minimum absolute atomic E-state index is 0.109. The summed E-state index contributed by atoms with van der Waals surface area (Å²) in [7, 11) is 1.81. The van der Waals surface area contributed by atoms with Gasteiger partial charge in [-0.1, -0.05) is 31.4 Å². The fourth-order valence-corrected chi connectivity index (χ4v) is 1.08. The van der Waals surface area contributed by atoms with Crippen molar-refractivity contribution in [1.29, 1.82) is 0 Å². The number of amides is 1. The van der Waals surface area contributed by atoms with Crippen molar-refractivity contribution >= 4 is 5.91 Å². The van der Waals surface area contributed by atoms with Gasteiger partial charge in [-0.05, 0) is 18.4 Å². The van der Waals surface area contributed by atoms with Crippen LogP contribution in [-0.4, -0.2) is 24.4 Å². The number of nitrogens with zero attached hydrogens (tertiary/aromatic N) is 1. The van der Waals surface area contributed by atoms with Gasteiger partial charge in [-0.15, -0.1) is 0 Å².